The highest BCUT2D eigenvalue weighted by Crippen LogP contribution is 2.23. The van der Waals surface area contributed by atoms with Gasteiger partial charge >= 0.3 is 0 Å². The third-order valence-electron chi connectivity index (χ3n) is 3.70. The molecule has 0 aliphatic carbocycles. The summed E-state index contributed by atoms with van der Waals surface area (Å²) in [6.07, 6.45) is 3.55. The molecule has 0 aliphatic rings. The molecule has 0 radical (unpaired) electrons. The molecule has 3 rings (SSSR count). The minimum atomic E-state index is 0.532. The second-order valence-electron chi connectivity index (χ2n) is 5.22. The van der Waals surface area contributed by atoms with Crippen molar-refractivity contribution in [2.45, 2.75) is 13.8 Å². The zero-order valence-electron chi connectivity index (χ0n) is 13.1. The van der Waals surface area contributed by atoms with E-state index in [1.807, 2.05) is 73.1 Å². The molecule has 2 aromatic heterocycles. The third kappa shape index (κ3) is 2.90. The van der Waals surface area contributed by atoms with E-state index in [-0.39, 0.29) is 0 Å². The van der Waals surface area contributed by atoms with Gasteiger partial charge in [0.15, 0.2) is 0 Å². The molecule has 0 N–H and O–H groups in total. The van der Waals surface area contributed by atoms with Crippen molar-refractivity contribution in [3.05, 3.63) is 77.4 Å². The summed E-state index contributed by atoms with van der Waals surface area (Å²) in [6.45, 7) is 3.96. The molecule has 23 heavy (non-hydrogen) atoms. The highest BCUT2D eigenvalue weighted by atomic mass is 15.3. The van der Waals surface area contributed by atoms with Crippen LogP contribution in [0.3, 0.4) is 0 Å². The Morgan fingerprint density at radius 1 is 1.09 bits per heavy atom. The van der Waals surface area contributed by atoms with Gasteiger partial charge in [0.1, 0.15) is 6.07 Å². The van der Waals surface area contributed by atoms with Crippen LogP contribution in [0.15, 0.2) is 54.7 Å². The van der Waals surface area contributed by atoms with Gasteiger partial charge in [0.2, 0.25) is 0 Å². The van der Waals surface area contributed by atoms with E-state index in [1.165, 1.54) is 0 Å². The van der Waals surface area contributed by atoms with Crippen molar-refractivity contribution >= 4 is 11.6 Å². The third-order valence-corrected chi connectivity index (χ3v) is 3.70. The molecule has 3 aromatic rings. The molecular weight excluding hydrogens is 284 g/mol. The smallest absolute Gasteiger partial charge is 0.101 e. The Morgan fingerprint density at radius 2 is 1.83 bits per heavy atom. The van der Waals surface area contributed by atoms with Gasteiger partial charge in [0.05, 0.1) is 22.6 Å². The number of aromatic nitrogens is 3. The van der Waals surface area contributed by atoms with Gasteiger partial charge in [-0.1, -0.05) is 24.3 Å². The number of allylic oxidation sites excluding steroid dienone is 1. The number of hydrogen-bond donors (Lipinski definition) is 0. The average Bonchev–Trinajstić information content (AvgIpc) is 2.88. The van der Waals surface area contributed by atoms with Crippen molar-refractivity contribution in [2.24, 2.45) is 0 Å². The van der Waals surface area contributed by atoms with Crippen LogP contribution < -0.4 is 0 Å². The molecule has 0 spiro atoms. The lowest BCUT2D eigenvalue weighted by atomic mass is 10.1. The number of nitrogens with zero attached hydrogens (tertiary/aromatic N) is 4. The van der Waals surface area contributed by atoms with Crippen LogP contribution in [0.25, 0.3) is 17.3 Å². The fraction of sp³-hybridized carbons (Fsp3) is 0.105. The quantitative estimate of drug-likeness (QED) is 0.688. The summed E-state index contributed by atoms with van der Waals surface area (Å²) in [5, 5.41) is 14.1. The molecule has 0 saturated heterocycles. The van der Waals surface area contributed by atoms with E-state index in [0.717, 1.165) is 22.6 Å². The zero-order chi connectivity index (χ0) is 16.2. The summed E-state index contributed by atoms with van der Waals surface area (Å²) in [5.41, 5.74) is 5.04. The lowest BCUT2D eigenvalue weighted by Gasteiger charge is -2.04. The largest absolute Gasteiger partial charge is 0.256 e. The van der Waals surface area contributed by atoms with Crippen molar-refractivity contribution in [1.82, 2.24) is 14.8 Å². The molecule has 0 amide bonds. The summed E-state index contributed by atoms with van der Waals surface area (Å²) in [6, 6.07) is 17.7. The summed E-state index contributed by atoms with van der Waals surface area (Å²) >= 11 is 0. The van der Waals surface area contributed by atoms with Crippen LogP contribution in [0.5, 0.6) is 0 Å². The van der Waals surface area contributed by atoms with E-state index in [1.54, 1.807) is 6.20 Å². The number of hydrogen-bond acceptors (Lipinski definition) is 3. The van der Waals surface area contributed by atoms with Crippen LogP contribution >= 0.6 is 0 Å². The molecule has 0 fully saturated rings. The molecule has 112 valence electrons. The number of benzene rings is 1. The Hall–Kier alpha value is -3.19. The normalized spacial score (nSPS) is 11.3. The fourth-order valence-electron chi connectivity index (χ4n) is 2.51. The highest BCUT2D eigenvalue weighted by Gasteiger charge is 2.12. The van der Waals surface area contributed by atoms with Gasteiger partial charge in [0.25, 0.3) is 0 Å². The van der Waals surface area contributed by atoms with Gasteiger partial charge in [-0.2, -0.15) is 10.4 Å². The summed E-state index contributed by atoms with van der Waals surface area (Å²) in [4.78, 5) is 4.25. The Kier molecular flexibility index (Phi) is 4.03. The molecule has 0 unspecified atom stereocenters. The molecule has 0 aliphatic heterocycles. The van der Waals surface area contributed by atoms with Gasteiger partial charge in [-0.15, -0.1) is 0 Å². The van der Waals surface area contributed by atoms with Gasteiger partial charge < -0.3 is 0 Å². The SMILES string of the molecule is Cc1nn(-c2ccccc2)c(C)c1/C=C(\C#N)c1ccccn1. The first-order valence-corrected chi connectivity index (χ1v) is 7.35. The molecule has 0 atom stereocenters. The Bertz CT molecular complexity index is 884. The molecule has 4 heteroatoms. The second-order valence-corrected chi connectivity index (χ2v) is 5.22. The molecular formula is C19H16N4. The van der Waals surface area contributed by atoms with Crippen molar-refractivity contribution in [3.63, 3.8) is 0 Å². The van der Waals surface area contributed by atoms with E-state index in [0.29, 0.717) is 11.3 Å². The van der Waals surface area contributed by atoms with Crippen molar-refractivity contribution < 1.29 is 0 Å². The highest BCUT2D eigenvalue weighted by molar-refractivity contribution is 5.89. The number of aryl methyl sites for hydroxylation is 1. The average molecular weight is 300 g/mol. The standard InChI is InChI=1S/C19H16N4/c1-14-18(12-16(13-20)19-10-6-7-11-21-19)15(2)23(22-14)17-8-4-3-5-9-17/h3-12H,1-2H3/b16-12+. The van der Waals surface area contributed by atoms with Crippen LogP contribution in [0.2, 0.25) is 0 Å². The maximum atomic E-state index is 9.46. The number of nitriles is 1. The van der Waals surface area contributed by atoms with Crippen molar-refractivity contribution in [1.29, 1.82) is 5.26 Å². The Balaban J connectivity index is 2.09. The first-order chi connectivity index (χ1) is 11.2. The predicted octanol–water partition coefficient (Wildman–Crippen LogP) is 3.95. The first-order valence-electron chi connectivity index (χ1n) is 7.35. The molecule has 0 bridgehead atoms. The van der Waals surface area contributed by atoms with Gasteiger partial charge in [-0.3, -0.25) is 4.98 Å². The maximum absolute atomic E-state index is 9.46. The first kappa shape index (κ1) is 14.7. The van der Waals surface area contributed by atoms with Gasteiger partial charge in [-0.25, -0.2) is 4.68 Å². The van der Waals surface area contributed by atoms with Gasteiger partial charge in [-0.05, 0) is 44.2 Å². The second kappa shape index (κ2) is 6.29. The van der Waals surface area contributed by atoms with Crippen LogP contribution in [0.1, 0.15) is 22.6 Å². The zero-order valence-corrected chi connectivity index (χ0v) is 13.1. The van der Waals surface area contributed by atoms with Crippen molar-refractivity contribution in [3.8, 4) is 11.8 Å². The van der Waals surface area contributed by atoms with E-state index < -0.39 is 0 Å². The lowest BCUT2D eigenvalue weighted by molar-refractivity contribution is 0.833. The Labute approximate surface area is 135 Å². The van der Waals surface area contributed by atoms with E-state index >= 15 is 0 Å². The van der Waals surface area contributed by atoms with Crippen LogP contribution in [-0.2, 0) is 0 Å². The van der Waals surface area contributed by atoms with Crippen LogP contribution in [-0.4, -0.2) is 14.8 Å². The minimum absolute atomic E-state index is 0.532. The van der Waals surface area contributed by atoms with Crippen molar-refractivity contribution in [2.75, 3.05) is 0 Å². The summed E-state index contributed by atoms with van der Waals surface area (Å²) in [7, 11) is 0. The monoisotopic (exact) mass is 300 g/mol. The molecule has 4 nitrogen and oxygen atoms in total. The summed E-state index contributed by atoms with van der Waals surface area (Å²) < 4.78 is 1.90. The number of rotatable bonds is 3. The number of para-hydroxylation sites is 1. The molecule has 0 saturated carbocycles. The molecule has 2 heterocycles. The van der Waals surface area contributed by atoms with E-state index in [2.05, 4.69) is 16.2 Å². The van der Waals surface area contributed by atoms with E-state index in [4.69, 9.17) is 0 Å². The number of pyridine rings is 1. The topological polar surface area (TPSA) is 54.5 Å². The Morgan fingerprint density at radius 3 is 2.48 bits per heavy atom. The van der Waals surface area contributed by atoms with E-state index in [9.17, 15) is 5.26 Å². The lowest BCUT2D eigenvalue weighted by Crippen LogP contribution is -1.98. The predicted molar refractivity (Wildman–Crippen MR) is 90.8 cm³/mol. The van der Waals surface area contributed by atoms with Crippen LogP contribution in [0, 0.1) is 25.2 Å². The molecule has 1 aromatic carbocycles. The van der Waals surface area contributed by atoms with Gasteiger partial charge in [0, 0.05) is 17.5 Å². The fourth-order valence-corrected chi connectivity index (χ4v) is 2.51. The maximum Gasteiger partial charge on any atom is 0.101 e. The van der Waals surface area contributed by atoms with Crippen LogP contribution in [0.4, 0.5) is 0 Å². The summed E-state index contributed by atoms with van der Waals surface area (Å²) in [5.74, 6) is 0. The minimum Gasteiger partial charge on any atom is -0.256 e.